The number of hydrogen-bond donors (Lipinski definition) is 1. The fraction of sp³-hybridized carbons (Fsp3) is 0.647. The highest BCUT2D eigenvalue weighted by Crippen LogP contribution is 2.26. The Hall–Kier alpha value is -0.860. The van der Waals surface area contributed by atoms with Gasteiger partial charge in [0.25, 0.3) is 0 Å². The van der Waals surface area contributed by atoms with E-state index < -0.39 is 0 Å². The molecule has 2 nitrogen and oxygen atoms in total. The van der Waals surface area contributed by atoms with Crippen LogP contribution in [-0.2, 0) is 17.9 Å². The van der Waals surface area contributed by atoms with Crippen molar-refractivity contribution in [3.8, 4) is 0 Å². The Morgan fingerprint density at radius 2 is 1.89 bits per heavy atom. The molecule has 1 aliphatic carbocycles. The van der Waals surface area contributed by atoms with E-state index >= 15 is 0 Å². The highest BCUT2D eigenvalue weighted by atomic mass is 16.5. The minimum atomic E-state index is 0.703. The zero-order valence-corrected chi connectivity index (χ0v) is 12.3. The molecule has 1 aliphatic rings. The van der Waals surface area contributed by atoms with Crippen molar-refractivity contribution < 1.29 is 4.74 Å². The monoisotopic (exact) mass is 261 g/mol. The molecule has 1 aromatic carbocycles. The summed E-state index contributed by atoms with van der Waals surface area (Å²) in [6.45, 7) is 4.02. The molecule has 0 bridgehead atoms. The van der Waals surface area contributed by atoms with Gasteiger partial charge in [-0.2, -0.15) is 0 Å². The molecule has 2 rings (SSSR count). The lowest BCUT2D eigenvalue weighted by Gasteiger charge is -2.29. The van der Waals surface area contributed by atoms with E-state index in [2.05, 4.69) is 36.5 Å². The fourth-order valence-corrected chi connectivity index (χ4v) is 3.03. The Balaban J connectivity index is 1.78. The van der Waals surface area contributed by atoms with E-state index in [1.54, 1.807) is 7.11 Å². The maximum atomic E-state index is 5.13. The van der Waals surface area contributed by atoms with Gasteiger partial charge in [-0.05, 0) is 29.9 Å². The van der Waals surface area contributed by atoms with Crippen molar-refractivity contribution in [2.75, 3.05) is 7.11 Å². The van der Waals surface area contributed by atoms with Gasteiger partial charge >= 0.3 is 0 Å². The van der Waals surface area contributed by atoms with Crippen LogP contribution in [0.2, 0.25) is 0 Å². The Morgan fingerprint density at radius 1 is 1.16 bits per heavy atom. The van der Waals surface area contributed by atoms with E-state index in [1.807, 2.05) is 0 Å². The van der Waals surface area contributed by atoms with E-state index in [9.17, 15) is 0 Å². The van der Waals surface area contributed by atoms with Crippen LogP contribution in [0.4, 0.5) is 0 Å². The second-order valence-electron chi connectivity index (χ2n) is 5.77. The number of methoxy groups -OCH3 is 1. The normalized spacial score (nSPS) is 23.5. The van der Waals surface area contributed by atoms with Gasteiger partial charge in [0.1, 0.15) is 0 Å². The molecule has 0 spiro atoms. The lowest BCUT2D eigenvalue weighted by Crippen LogP contribution is -2.33. The molecule has 1 fully saturated rings. The molecule has 1 saturated carbocycles. The molecule has 0 heterocycles. The number of nitrogens with one attached hydrogen (secondary N) is 1. The van der Waals surface area contributed by atoms with E-state index in [0.717, 1.165) is 18.5 Å². The van der Waals surface area contributed by atoms with Gasteiger partial charge in [0, 0.05) is 19.7 Å². The molecule has 106 valence electrons. The van der Waals surface area contributed by atoms with E-state index in [0.29, 0.717) is 6.61 Å². The van der Waals surface area contributed by atoms with Crippen LogP contribution >= 0.6 is 0 Å². The largest absolute Gasteiger partial charge is 0.380 e. The zero-order valence-electron chi connectivity index (χ0n) is 12.3. The molecule has 2 heteroatoms. The molecule has 1 N–H and O–H groups in total. The quantitative estimate of drug-likeness (QED) is 0.838. The molecule has 0 radical (unpaired) electrons. The first kappa shape index (κ1) is 14.5. The standard InChI is InChI=1S/C17H27NO/c1-3-14-5-4-6-17(11-14)18-12-15-7-9-16(10-8-15)13-19-2/h7-10,14,17-18H,3-6,11-13H2,1-2H3. The second kappa shape index (κ2) is 7.66. The third kappa shape index (κ3) is 4.63. The van der Waals surface area contributed by atoms with E-state index in [4.69, 9.17) is 4.74 Å². The Bertz CT molecular complexity index is 360. The number of hydrogen-bond acceptors (Lipinski definition) is 2. The van der Waals surface area contributed by atoms with Crippen LogP contribution in [0.3, 0.4) is 0 Å². The number of ether oxygens (including phenoxy) is 1. The van der Waals surface area contributed by atoms with Crippen molar-refractivity contribution in [1.29, 1.82) is 0 Å². The van der Waals surface area contributed by atoms with Gasteiger partial charge in [-0.15, -0.1) is 0 Å². The summed E-state index contributed by atoms with van der Waals surface area (Å²) in [7, 11) is 1.74. The molecule has 2 unspecified atom stereocenters. The Morgan fingerprint density at radius 3 is 2.58 bits per heavy atom. The first-order valence-corrected chi connectivity index (χ1v) is 7.62. The second-order valence-corrected chi connectivity index (χ2v) is 5.77. The summed E-state index contributed by atoms with van der Waals surface area (Å²) in [6.07, 6.45) is 6.86. The average molecular weight is 261 g/mol. The van der Waals surface area contributed by atoms with Crippen molar-refractivity contribution in [3.63, 3.8) is 0 Å². The van der Waals surface area contributed by atoms with Crippen molar-refractivity contribution in [2.24, 2.45) is 5.92 Å². The fourth-order valence-electron chi connectivity index (χ4n) is 3.03. The summed E-state index contributed by atoms with van der Waals surface area (Å²) in [5.74, 6) is 0.940. The third-order valence-electron chi connectivity index (χ3n) is 4.29. The molecule has 19 heavy (non-hydrogen) atoms. The van der Waals surface area contributed by atoms with Crippen LogP contribution in [0.25, 0.3) is 0 Å². The smallest absolute Gasteiger partial charge is 0.0713 e. The maximum absolute atomic E-state index is 5.13. The topological polar surface area (TPSA) is 21.3 Å². The molecular weight excluding hydrogens is 234 g/mol. The Labute approximate surface area is 117 Å². The number of benzene rings is 1. The highest BCUT2D eigenvalue weighted by molar-refractivity contribution is 5.22. The molecule has 0 amide bonds. The van der Waals surface area contributed by atoms with Gasteiger partial charge in [0.05, 0.1) is 6.61 Å². The van der Waals surface area contributed by atoms with Crippen LogP contribution < -0.4 is 5.32 Å². The highest BCUT2D eigenvalue weighted by Gasteiger charge is 2.19. The minimum Gasteiger partial charge on any atom is -0.380 e. The third-order valence-corrected chi connectivity index (χ3v) is 4.29. The molecular formula is C17H27NO. The van der Waals surface area contributed by atoms with Gasteiger partial charge in [-0.3, -0.25) is 0 Å². The predicted molar refractivity (Wildman–Crippen MR) is 80.0 cm³/mol. The first-order chi connectivity index (χ1) is 9.31. The van der Waals surface area contributed by atoms with E-state index in [1.165, 1.54) is 43.2 Å². The van der Waals surface area contributed by atoms with Crippen molar-refractivity contribution in [1.82, 2.24) is 5.32 Å². The molecule has 1 aromatic rings. The Kier molecular flexibility index (Phi) is 5.87. The molecule has 0 saturated heterocycles. The molecule has 0 aromatic heterocycles. The van der Waals surface area contributed by atoms with Crippen LogP contribution in [0, 0.1) is 5.92 Å². The van der Waals surface area contributed by atoms with Crippen molar-refractivity contribution >= 4 is 0 Å². The summed E-state index contributed by atoms with van der Waals surface area (Å²) in [5, 5.41) is 3.72. The zero-order chi connectivity index (χ0) is 13.5. The predicted octanol–water partition coefficient (Wildman–Crippen LogP) is 3.89. The van der Waals surface area contributed by atoms with Gasteiger partial charge in [-0.1, -0.05) is 50.5 Å². The number of rotatable bonds is 6. The van der Waals surface area contributed by atoms with Gasteiger partial charge in [0.15, 0.2) is 0 Å². The molecule has 2 atom stereocenters. The molecule has 0 aliphatic heterocycles. The summed E-state index contributed by atoms with van der Waals surface area (Å²) in [4.78, 5) is 0. The maximum Gasteiger partial charge on any atom is 0.0713 e. The van der Waals surface area contributed by atoms with Gasteiger partial charge < -0.3 is 10.1 Å². The summed E-state index contributed by atoms with van der Waals surface area (Å²) >= 11 is 0. The van der Waals surface area contributed by atoms with Crippen molar-refractivity contribution in [2.45, 2.75) is 58.2 Å². The summed E-state index contributed by atoms with van der Waals surface area (Å²) in [6, 6.07) is 9.47. The van der Waals surface area contributed by atoms with Gasteiger partial charge in [0.2, 0.25) is 0 Å². The summed E-state index contributed by atoms with van der Waals surface area (Å²) < 4.78 is 5.13. The lowest BCUT2D eigenvalue weighted by atomic mass is 9.84. The van der Waals surface area contributed by atoms with Crippen molar-refractivity contribution in [3.05, 3.63) is 35.4 Å². The van der Waals surface area contributed by atoms with Crippen LogP contribution in [0.1, 0.15) is 50.2 Å². The summed E-state index contributed by atoms with van der Waals surface area (Å²) in [5.41, 5.74) is 2.62. The SMILES string of the molecule is CCC1CCCC(NCc2ccc(COC)cc2)C1. The first-order valence-electron chi connectivity index (χ1n) is 7.62. The lowest BCUT2D eigenvalue weighted by molar-refractivity contribution is 0.185. The van der Waals surface area contributed by atoms with Gasteiger partial charge in [-0.25, -0.2) is 0 Å². The van der Waals surface area contributed by atoms with Crippen LogP contribution in [0.15, 0.2) is 24.3 Å². The average Bonchev–Trinajstić information content (AvgIpc) is 2.47. The minimum absolute atomic E-state index is 0.703. The van der Waals surface area contributed by atoms with E-state index in [-0.39, 0.29) is 0 Å². The van der Waals surface area contributed by atoms with Crippen LogP contribution in [0.5, 0.6) is 0 Å². The van der Waals surface area contributed by atoms with Crippen LogP contribution in [-0.4, -0.2) is 13.2 Å².